The molecule has 1 aliphatic rings. The molecule has 15 heteroatoms. The second kappa shape index (κ2) is 8.80. The van der Waals surface area contributed by atoms with Gasteiger partial charge in [-0.05, 0) is 25.0 Å². The van der Waals surface area contributed by atoms with E-state index in [1.807, 2.05) is 24.3 Å². The molecule has 2 aromatic heterocycles. The van der Waals surface area contributed by atoms with Crippen LogP contribution in [-0.2, 0) is 27.4 Å². The number of aryl methyl sites for hydroxylation is 1. The van der Waals surface area contributed by atoms with Crippen molar-refractivity contribution >= 4 is 31.4 Å². The Kier molecular flexibility index (Phi) is 6.65. The van der Waals surface area contributed by atoms with Crippen LogP contribution in [0.15, 0.2) is 47.4 Å². The fourth-order valence-corrected chi connectivity index (χ4v) is 4.51. The van der Waals surface area contributed by atoms with Gasteiger partial charge in [0.2, 0.25) is 0 Å². The number of para-hydroxylation sites is 2. The molecule has 1 aliphatic heterocycles. The number of nitrogens with zero attached hydrogens (tertiary/aromatic N) is 4. The lowest BCUT2D eigenvalue weighted by Crippen LogP contribution is -2.41. The van der Waals surface area contributed by atoms with Crippen molar-refractivity contribution in [3.8, 4) is 0 Å². The average Bonchev–Trinajstić information content (AvgIpc) is 3.33. The fraction of sp³-hybridized carbons (Fsp3) is 0.412. The minimum Gasteiger partial charge on any atom is -0.741 e. The number of piperidine rings is 1. The van der Waals surface area contributed by atoms with Crippen LogP contribution >= 0.6 is 0 Å². The monoisotopic (exact) mass is 496 g/mol. The van der Waals surface area contributed by atoms with Crippen LogP contribution < -0.4 is 4.57 Å². The molecule has 176 valence electrons. The summed E-state index contributed by atoms with van der Waals surface area (Å²) in [5, 5.41) is 0. The number of hydrogen-bond acceptors (Lipinski definition) is 7. The van der Waals surface area contributed by atoms with E-state index in [9.17, 15) is 21.6 Å². The Morgan fingerprint density at radius 1 is 1.16 bits per heavy atom. The van der Waals surface area contributed by atoms with E-state index in [-0.39, 0.29) is 5.92 Å². The molecule has 3 aromatic rings. The molecule has 0 atom stereocenters. The highest BCUT2D eigenvalue weighted by Gasteiger charge is 2.37. The number of halogens is 3. The van der Waals surface area contributed by atoms with Crippen molar-refractivity contribution in [2.45, 2.75) is 24.3 Å². The zero-order chi connectivity index (χ0) is 23.7. The molecule has 32 heavy (non-hydrogen) atoms. The predicted molar refractivity (Wildman–Crippen MR) is 103 cm³/mol. The van der Waals surface area contributed by atoms with Crippen LogP contribution in [0.4, 0.5) is 13.2 Å². The molecule has 1 fully saturated rings. The summed E-state index contributed by atoms with van der Waals surface area (Å²) >= 11 is 0. The maximum atomic E-state index is 12.6. The molecule has 1 aromatic carbocycles. The molecule has 10 nitrogen and oxygen atoms in total. The molecule has 0 amide bonds. The maximum absolute atomic E-state index is 12.6. The lowest BCUT2D eigenvalue weighted by atomic mass is 9.98. The van der Waals surface area contributed by atoms with Crippen molar-refractivity contribution in [2.24, 2.45) is 7.05 Å². The standard InChI is InChI=1S/C16H19N4O3S.CHF3O3S/c1-18-10-11-20(12-18)24(21,22)19-8-6-13(7-9-19)16-17-14-4-2-3-5-15(14)23-16;2-1(3,4)8(5,6)7/h2-5,10-13H,6-9H2,1H3;(H,5,6,7)/q+1;/p-1. The first-order valence-electron chi connectivity index (χ1n) is 9.20. The maximum Gasteiger partial charge on any atom is 0.485 e. The van der Waals surface area contributed by atoms with Gasteiger partial charge in [0.1, 0.15) is 17.9 Å². The van der Waals surface area contributed by atoms with E-state index >= 15 is 0 Å². The summed E-state index contributed by atoms with van der Waals surface area (Å²) in [7, 11) is -7.79. The van der Waals surface area contributed by atoms with E-state index in [2.05, 4.69) is 4.98 Å². The van der Waals surface area contributed by atoms with Gasteiger partial charge in [-0.15, -0.1) is 3.97 Å². The summed E-state index contributed by atoms with van der Waals surface area (Å²) in [4.78, 5) is 4.54. The van der Waals surface area contributed by atoms with Crippen LogP contribution in [0.2, 0.25) is 0 Å². The molecule has 1 saturated heterocycles. The first-order valence-corrected chi connectivity index (χ1v) is 12.0. The number of hydrogen-bond donors (Lipinski definition) is 0. The average molecular weight is 496 g/mol. The Morgan fingerprint density at radius 2 is 1.75 bits per heavy atom. The summed E-state index contributed by atoms with van der Waals surface area (Å²) in [6.45, 7) is 0.932. The molecule has 0 radical (unpaired) electrons. The molecular weight excluding hydrogens is 477 g/mol. The molecule has 0 bridgehead atoms. The number of rotatable bonds is 3. The second-order valence-corrected chi connectivity index (χ2v) is 10.2. The van der Waals surface area contributed by atoms with E-state index in [0.717, 1.165) is 11.1 Å². The minimum absolute atomic E-state index is 0.157. The normalized spacial score (nSPS) is 16.7. The van der Waals surface area contributed by atoms with Gasteiger partial charge in [0, 0.05) is 19.0 Å². The second-order valence-electron chi connectivity index (χ2n) is 7.01. The van der Waals surface area contributed by atoms with Crippen LogP contribution in [0.1, 0.15) is 24.7 Å². The predicted octanol–water partition coefficient (Wildman–Crippen LogP) is 1.48. The number of imidazole rings is 1. The van der Waals surface area contributed by atoms with Gasteiger partial charge in [0.15, 0.2) is 21.6 Å². The SMILES string of the molecule is C[n+]1ccn(S(=O)(=O)N2CCC(c3nc4ccccc4o3)CC2)c1.O=S(=O)([O-])C(F)(F)F. The molecule has 0 N–H and O–H groups in total. The lowest BCUT2D eigenvalue weighted by Gasteiger charge is -2.27. The molecule has 0 aliphatic carbocycles. The van der Waals surface area contributed by atoms with E-state index in [0.29, 0.717) is 31.8 Å². The Balaban J connectivity index is 0.000000312. The van der Waals surface area contributed by atoms with Crippen LogP contribution in [-0.4, -0.2) is 53.2 Å². The molecule has 3 heterocycles. The molecule has 4 rings (SSSR count). The van der Waals surface area contributed by atoms with Crippen molar-refractivity contribution in [2.75, 3.05) is 13.1 Å². The summed E-state index contributed by atoms with van der Waals surface area (Å²) in [6.07, 6.45) is 6.24. The summed E-state index contributed by atoms with van der Waals surface area (Å²) in [5.41, 5.74) is -4.02. The summed E-state index contributed by atoms with van der Waals surface area (Å²) in [5.74, 6) is 0.866. The van der Waals surface area contributed by atoms with Crippen molar-refractivity contribution in [3.63, 3.8) is 0 Å². The topological polar surface area (TPSA) is 129 Å². The van der Waals surface area contributed by atoms with E-state index in [1.54, 1.807) is 30.3 Å². The van der Waals surface area contributed by atoms with Crippen LogP contribution in [0.25, 0.3) is 11.1 Å². The van der Waals surface area contributed by atoms with E-state index in [4.69, 9.17) is 17.4 Å². The molecular formula is C17H19F3N4O6S2. The Morgan fingerprint density at radius 3 is 2.25 bits per heavy atom. The first-order chi connectivity index (χ1) is 14.8. The molecule has 0 spiro atoms. The zero-order valence-electron chi connectivity index (χ0n) is 16.6. The number of oxazole rings is 1. The minimum atomic E-state index is -6.09. The van der Waals surface area contributed by atoms with Gasteiger partial charge >= 0.3 is 15.7 Å². The molecule has 0 unspecified atom stereocenters. The number of alkyl halides is 3. The van der Waals surface area contributed by atoms with Crippen molar-refractivity contribution in [3.05, 3.63) is 48.9 Å². The quantitative estimate of drug-likeness (QED) is 0.305. The molecule has 0 saturated carbocycles. The Hall–Kier alpha value is -2.49. The third-order valence-corrected chi connectivity index (χ3v) is 7.07. The van der Waals surface area contributed by atoms with Gasteiger partial charge < -0.3 is 8.97 Å². The fourth-order valence-electron chi connectivity index (χ4n) is 3.10. The third-order valence-electron chi connectivity index (χ3n) is 4.73. The van der Waals surface area contributed by atoms with Crippen molar-refractivity contribution < 1.29 is 43.5 Å². The van der Waals surface area contributed by atoms with Crippen LogP contribution in [0.5, 0.6) is 0 Å². The largest absolute Gasteiger partial charge is 0.741 e. The van der Waals surface area contributed by atoms with Gasteiger partial charge in [-0.1, -0.05) is 12.1 Å². The summed E-state index contributed by atoms with van der Waals surface area (Å²) in [6, 6.07) is 7.68. The smallest absolute Gasteiger partial charge is 0.485 e. The number of aromatic nitrogens is 3. The van der Waals surface area contributed by atoms with Crippen molar-refractivity contribution in [1.82, 2.24) is 13.3 Å². The van der Waals surface area contributed by atoms with Crippen molar-refractivity contribution in [1.29, 1.82) is 0 Å². The van der Waals surface area contributed by atoms with E-state index < -0.39 is 25.8 Å². The highest BCUT2D eigenvalue weighted by atomic mass is 32.2. The highest BCUT2D eigenvalue weighted by molar-refractivity contribution is 7.87. The third kappa shape index (κ3) is 5.28. The summed E-state index contributed by atoms with van der Waals surface area (Å²) < 4.78 is 94.5. The van der Waals surface area contributed by atoms with Gasteiger partial charge in [0.25, 0.3) is 6.33 Å². The Labute approximate surface area is 181 Å². The number of fused-ring (bicyclic) bond motifs is 1. The zero-order valence-corrected chi connectivity index (χ0v) is 18.3. The number of benzene rings is 1. The van der Waals surface area contributed by atoms with E-state index in [1.165, 1.54) is 8.28 Å². The van der Waals surface area contributed by atoms with Gasteiger partial charge in [-0.3, -0.25) is 0 Å². The Bertz CT molecular complexity index is 1260. The van der Waals surface area contributed by atoms with Gasteiger partial charge in [-0.2, -0.15) is 25.9 Å². The highest BCUT2D eigenvalue weighted by Crippen LogP contribution is 2.31. The lowest BCUT2D eigenvalue weighted by molar-refractivity contribution is -0.670. The first kappa shape index (κ1) is 24.2. The van der Waals surface area contributed by atoms with Gasteiger partial charge in [-0.25, -0.2) is 18.0 Å². The van der Waals surface area contributed by atoms with Crippen LogP contribution in [0, 0.1) is 0 Å². The van der Waals surface area contributed by atoms with Crippen LogP contribution in [0.3, 0.4) is 0 Å². The van der Waals surface area contributed by atoms with Gasteiger partial charge in [0.05, 0.1) is 7.05 Å².